The third-order valence-corrected chi connectivity index (χ3v) is 4.53. The minimum absolute atomic E-state index is 0.0354. The third kappa shape index (κ3) is 3.63. The Morgan fingerprint density at radius 2 is 2.05 bits per heavy atom. The Morgan fingerprint density at radius 1 is 1.38 bits per heavy atom. The Morgan fingerprint density at radius 3 is 2.62 bits per heavy atom. The van der Waals surface area contributed by atoms with Crippen molar-refractivity contribution in [3.63, 3.8) is 0 Å². The summed E-state index contributed by atoms with van der Waals surface area (Å²) < 4.78 is 38.1. The van der Waals surface area contributed by atoms with E-state index in [4.69, 9.17) is 14.6 Å². The Hall–Kier alpha value is -1.84. The number of ether oxygens (including phenoxy) is 2. The van der Waals surface area contributed by atoms with Crippen LogP contribution in [0.2, 0.25) is 0 Å². The van der Waals surface area contributed by atoms with Gasteiger partial charge in [-0.05, 0) is 12.1 Å². The van der Waals surface area contributed by atoms with Gasteiger partial charge < -0.3 is 14.6 Å². The second-order valence-electron chi connectivity index (χ2n) is 4.34. The molecular formula is C12H16N2O6S. The number of aromatic carboxylic acids is 1. The van der Waals surface area contributed by atoms with Crippen LogP contribution < -0.4 is 9.46 Å². The molecule has 0 saturated carbocycles. The van der Waals surface area contributed by atoms with Gasteiger partial charge in [0.05, 0.1) is 26.0 Å². The van der Waals surface area contributed by atoms with Gasteiger partial charge in [0.1, 0.15) is 11.3 Å². The van der Waals surface area contributed by atoms with Crippen molar-refractivity contribution in [2.24, 2.45) is 0 Å². The van der Waals surface area contributed by atoms with E-state index in [9.17, 15) is 13.2 Å². The first-order chi connectivity index (χ1) is 9.94. The van der Waals surface area contributed by atoms with E-state index in [2.05, 4.69) is 4.72 Å². The first-order valence-electron chi connectivity index (χ1n) is 6.21. The van der Waals surface area contributed by atoms with Crippen molar-refractivity contribution in [3.05, 3.63) is 23.8 Å². The van der Waals surface area contributed by atoms with Gasteiger partial charge in [-0.15, -0.1) is 0 Å². The van der Waals surface area contributed by atoms with Crippen LogP contribution in [0.15, 0.2) is 18.2 Å². The molecule has 0 aliphatic carbocycles. The largest absolute Gasteiger partial charge is 0.496 e. The molecule has 9 heteroatoms. The van der Waals surface area contributed by atoms with E-state index in [0.717, 1.165) is 0 Å². The van der Waals surface area contributed by atoms with Gasteiger partial charge in [0.25, 0.3) is 0 Å². The molecule has 1 saturated heterocycles. The summed E-state index contributed by atoms with van der Waals surface area (Å²) in [4.78, 5) is 11.0. The standard InChI is InChI=1S/C12H16N2O6S/c1-19-11-8-9(2-3-10(11)12(15)16)13-21(17,18)14-4-6-20-7-5-14/h2-3,8,13H,4-7H2,1H3,(H,15,16). The van der Waals surface area contributed by atoms with Gasteiger partial charge in [0.15, 0.2) is 0 Å². The Bertz CT molecular complexity index is 625. The van der Waals surface area contributed by atoms with Crippen molar-refractivity contribution >= 4 is 21.9 Å². The minimum atomic E-state index is -3.69. The number of carboxylic acids is 1. The average Bonchev–Trinajstić information content (AvgIpc) is 2.47. The molecule has 2 N–H and O–H groups in total. The summed E-state index contributed by atoms with van der Waals surface area (Å²) in [6.45, 7) is 1.25. The zero-order valence-corrected chi connectivity index (χ0v) is 12.2. The van der Waals surface area contributed by atoms with Gasteiger partial charge in [-0.2, -0.15) is 12.7 Å². The van der Waals surface area contributed by atoms with E-state index >= 15 is 0 Å². The summed E-state index contributed by atoms with van der Waals surface area (Å²) in [6.07, 6.45) is 0. The number of benzene rings is 1. The van der Waals surface area contributed by atoms with Crippen LogP contribution in [0.25, 0.3) is 0 Å². The summed E-state index contributed by atoms with van der Waals surface area (Å²) in [5.74, 6) is -1.06. The molecule has 1 aromatic carbocycles. The molecule has 0 atom stereocenters. The maximum atomic E-state index is 12.2. The van der Waals surface area contributed by atoms with Crippen LogP contribution in [0.4, 0.5) is 5.69 Å². The van der Waals surface area contributed by atoms with Gasteiger partial charge in [-0.3, -0.25) is 4.72 Å². The van der Waals surface area contributed by atoms with Gasteiger partial charge in [-0.25, -0.2) is 4.79 Å². The molecule has 0 radical (unpaired) electrons. The number of nitrogens with zero attached hydrogens (tertiary/aromatic N) is 1. The van der Waals surface area contributed by atoms with Gasteiger partial charge in [-0.1, -0.05) is 0 Å². The third-order valence-electron chi connectivity index (χ3n) is 2.99. The summed E-state index contributed by atoms with van der Waals surface area (Å²) in [5, 5.41) is 8.98. The molecule has 0 amide bonds. The highest BCUT2D eigenvalue weighted by atomic mass is 32.2. The zero-order chi connectivity index (χ0) is 15.5. The monoisotopic (exact) mass is 316 g/mol. The first-order valence-corrected chi connectivity index (χ1v) is 7.65. The maximum absolute atomic E-state index is 12.2. The molecule has 1 heterocycles. The van der Waals surface area contributed by atoms with E-state index in [1.807, 2.05) is 0 Å². The number of carbonyl (C=O) groups is 1. The molecule has 0 bridgehead atoms. The van der Waals surface area contributed by atoms with Crippen molar-refractivity contribution in [1.82, 2.24) is 4.31 Å². The van der Waals surface area contributed by atoms with Gasteiger partial charge in [0, 0.05) is 19.2 Å². The fourth-order valence-electron chi connectivity index (χ4n) is 1.93. The Labute approximate surface area is 122 Å². The normalized spacial score (nSPS) is 16.4. The van der Waals surface area contributed by atoms with E-state index in [-0.39, 0.29) is 30.1 Å². The molecule has 1 fully saturated rings. The molecule has 2 rings (SSSR count). The Kier molecular flexibility index (Phi) is 4.66. The van der Waals surface area contributed by atoms with Gasteiger partial charge >= 0.3 is 16.2 Å². The quantitative estimate of drug-likeness (QED) is 0.814. The summed E-state index contributed by atoms with van der Waals surface area (Å²) in [5.41, 5.74) is 0.204. The summed E-state index contributed by atoms with van der Waals surface area (Å²) in [7, 11) is -2.37. The van der Waals surface area contributed by atoms with E-state index < -0.39 is 16.2 Å². The fourth-order valence-corrected chi connectivity index (χ4v) is 3.12. The molecule has 116 valence electrons. The number of hydrogen-bond acceptors (Lipinski definition) is 5. The molecule has 8 nitrogen and oxygen atoms in total. The van der Waals surface area contributed by atoms with Crippen LogP contribution in [-0.2, 0) is 14.9 Å². The smallest absolute Gasteiger partial charge is 0.339 e. The van der Waals surface area contributed by atoms with E-state index in [1.54, 1.807) is 0 Å². The summed E-state index contributed by atoms with van der Waals surface area (Å²) in [6, 6.07) is 4.00. The predicted molar refractivity (Wildman–Crippen MR) is 74.9 cm³/mol. The van der Waals surface area contributed by atoms with Crippen molar-refractivity contribution in [2.45, 2.75) is 0 Å². The SMILES string of the molecule is COc1cc(NS(=O)(=O)N2CCOCC2)ccc1C(=O)O. The van der Waals surface area contributed by atoms with Crippen LogP contribution in [0.3, 0.4) is 0 Å². The average molecular weight is 316 g/mol. The van der Waals surface area contributed by atoms with Crippen LogP contribution in [0.1, 0.15) is 10.4 Å². The molecular weight excluding hydrogens is 300 g/mol. The van der Waals surface area contributed by atoms with Crippen molar-refractivity contribution in [2.75, 3.05) is 38.1 Å². The molecule has 21 heavy (non-hydrogen) atoms. The summed E-state index contributed by atoms with van der Waals surface area (Å²) >= 11 is 0. The lowest BCUT2D eigenvalue weighted by Gasteiger charge is -2.26. The fraction of sp³-hybridized carbons (Fsp3) is 0.417. The predicted octanol–water partition coefficient (Wildman–Crippen LogP) is 0.382. The van der Waals surface area contributed by atoms with Crippen LogP contribution in [0.5, 0.6) is 5.75 Å². The highest BCUT2D eigenvalue weighted by molar-refractivity contribution is 7.90. The lowest BCUT2D eigenvalue weighted by molar-refractivity contribution is 0.0693. The molecule has 0 spiro atoms. The number of rotatable bonds is 5. The molecule has 1 aliphatic rings. The molecule has 0 unspecified atom stereocenters. The molecule has 1 aromatic rings. The maximum Gasteiger partial charge on any atom is 0.339 e. The van der Waals surface area contributed by atoms with E-state index in [1.165, 1.54) is 29.6 Å². The number of nitrogens with one attached hydrogen (secondary N) is 1. The van der Waals surface area contributed by atoms with Crippen molar-refractivity contribution in [1.29, 1.82) is 0 Å². The topological polar surface area (TPSA) is 105 Å². The minimum Gasteiger partial charge on any atom is -0.496 e. The molecule has 0 aromatic heterocycles. The number of anilines is 1. The van der Waals surface area contributed by atoms with Crippen molar-refractivity contribution in [3.8, 4) is 5.75 Å². The lowest BCUT2D eigenvalue weighted by Crippen LogP contribution is -2.43. The highest BCUT2D eigenvalue weighted by Gasteiger charge is 2.24. The zero-order valence-electron chi connectivity index (χ0n) is 11.4. The van der Waals surface area contributed by atoms with Crippen LogP contribution in [0, 0.1) is 0 Å². The number of morpholine rings is 1. The van der Waals surface area contributed by atoms with Crippen LogP contribution in [-0.4, -0.2) is 57.2 Å². The lowest BCUT2D eigenvalue weighted by atomic mass is 10.2. The number of carboxylic acid groups (broad SMARTS) is 1. The van der Waals surface area contributed by atoms with E-state index in [0.29, 0.717) is 13.2 Å². The second kappa shape index (κ2) is 6.29. The second-order valence-corrected chi connectivity index (χ2v) is 6.01. The molecule has 1 aliphatic heterocycles. The van der Waals surface area contributed by atoms with Gasteiger partial charge in [0.2, 0.25) is 0 Å². The number of methoxy groups -OCH3 is 1. The highest BCUT2D eigenvalue weighted by Crippen LogP contribution is 2.24. The first kappa shape index (κ1) is 15.5. The van der Waals surface area contributed by atoms with Crippen LogP contribution >= 0.6 is 0 Å². The van der Waals surface area contributed by atoms with Crippen molar-refractivity contribution < 1.29 is 27.8 Å². The Balaban J connectivity index is 2.20. The number of hydrogen-bond donors (Lipinski definition) is 2.